The van der Waals surface area contributed by atoms with Gasteiger partial charge < -0.3 is 19.7 Å². The van der Waals surface area contributed by atoms with E-state index in [4.69, 9.17) is 4.42 Å². The van der Waals surface area contributed by atoms with Crippen LogP contribution < -0.4 is 5.32 Å². The van der Waals surface area contributed by atoms with Crippen LogP contribution >= 0.6 is 0 Å². The molecule has 0 unspecified atom stereocenters. The summed E-state index contributed by atoms with van der Waals surface area (Å²) >= 11 is 0. The highest BCUT2D eigenvalue weighted by molar-refractivity contribution is 5.90. The van der Waals surface area contributed by atoms with Gasteiger partial charge in [-0.15, -0.1) is 0 Å². The Morgan fingerprint density at radius 3 is 2.88 bits per heavy atom. The average Bonchev–Trinajstić information content (AvgIpc) is 3.12. The molecule has 2 amide bonds. The van der Waals surface area contributed by atoms with Gasteiger partial charge in [0.05, 0.1) is 23.9 Å². The summed E-state index contributed by atoms with van der Waals surface area (Å²) in [7, 11) is 0. The monoisotopic (exact) mass is 358 g/mol. The van der Waals surface area contributed by atoms with Crippen molar-refractivity contribution in [2.24, 2.45) is 0 Å². The van der Waals surface area contributed by atoms with Crippen molar-refractivity contribution in [1.29, 1.82) is 0 Å². The van der Waals surface area contributed by atoms with Crippen molar-refractivity contribution in [3.63, 3.8) is 0 Å². The number of piperazine rings is 1. The number of aromatic nitrogens is 1. The van der Waals surface area contributed by atoms with E-state index in [1.54, 1.807) is 12.5 Å². The van der Waals surface area contributed by atoms with Crippen LogP contribution in [0.3, 0.4) is 0 Å². The van der Waals surface area contributed by atoms with Crippen LogP contribution in [-0.2, 0) is 6.54 Å². The fraction of sp³-hybridized carbons (Fsp3) is 0.474. The van der Waals surface area contributed by atoms with Gasteiger partial charge in [-0.05, 0) is 38.5 Å². The van der Waals surface area contributed by atoms with Crippen LogP contribution in [0.25, 0.3) is 0 Å². The summed E-state index contributed by atoms with van der Waals surface area (Å²) in [5, 5.41) is 12.4. The lowest BCUT2D eigenvalue weighted by atomic mass is 10.1. The Morgan fingerprint density at radius 1 is 1.35 bits per heavy atom. The van der Waals surface area contributed by atoms with Crippen LogP contribution in [0.1, 0.15) is 23.4 Å². The van der Waals surface area contributed by atoms with Gasteiger partial charge in [-0.25, -0.2) is 4.79 Å². The number of rotatable bonds is 5. The molecule has 26 heavy (non-hydrogen) atoms. The summed E-state index contributed by atoms with van der Waals surface area (Å²) in [6, 6.07) is 5.72. The van der Waals surface area contributed by atoms with Crippen LogP contribution in [0.4, 0.5) is 10.5 Å². The molecule has 0 spiro atoms. The molecule has 7 nitrogen and oxygen atoms in total. The third-order valence-corrected chi connectivity index (χ3v) is 4.79. The number of aryl methyl sites for hydroxylation is 2. The number of pyridine rings is 1. The largest absolute Gasteiger partial charge is 0.472 e. The van der Waals surface area contributed by atoms with Crippen LogP contribution in [-0.4, -0.2) is 58.2 Å². The standard InChI is InChI=1S/C19H26N4O3/c1-14-3-4-18(15(2)20-14)21-19(25)23-8-7-22(17(12-23)5-9-24)11-16-6-10-26-13-16/h3-4,6,10,13,17,24H,5,7-9,11-12H2,1-2H3,(H,21,25)/t17-/m1/s1. The van der Waals surface area contributed by atoms with E-state index in [9.17, 15) is 9.90 Å². The highest BCUT2D eigenvalue weighted by atomic mass is 16.3. The lowest BCUT2D eigenvalue weighted by Gasteiger charge is -2.41. The molecule has 0 aromatic carbocycles. The Labute approximate surface area is 153 Å². The van der Waals surface area contributed by atoms with E-state index < -0.39 is 0 Å². The van der Waals surface area contributed by atoms with Crippen molar-refractivity contribution < 1.29 is 14.3 Å². The molecular formula is C19H26N4O3. The van der Waals surface area contributed by atoms with Crippen molar-refractivity contribution in [2.45, 2.75) is 32.9 Å². The van der Waals surface area contributed by atoms with Gasteiger partial charge in [0.25, 0.3) is 0 Å². The number of amides is 2. The van der Waals surface area contributed by atoms with Gasteiger partial charge in [-0.3, -0.25) is 9.88 Å². The minimum atomic E-state index is -0.121. The number of nitrogens with zero attached hydrogens (tertiary/aromatic N) is 3. The molecule has 0 aliphatic carbocycles. The molecule has 1 aliphatic heterocycles. The Hall–Kier alpha value is -2.38. The maximum atomic E-state index is 12.7. The zero-order valence-electron chi connectivity index (χ0n) is 15.3. The second-order valence-electron chi connectivity index (χ2n) is 6.73. The summed E-state index contributed by atoms with van der Waals surface area (Å²) < 4.78 is 5.14. The first-order valence-corrected chi connectivity index (χ1v) is 8.93. The normalized spacial score (nSPS) is 18.1. The van der Waals surface area contributed by atoms with E-state index >= 15 is 0 Å². The van der Waals surface area contributed by atoms with Crippen molar-refractivity contribution in [1.82, 2.24) is 14.8 Å². The fourth-order valence-electron chi connectivity index (χ4n) is 3.34. The predicted molar refractivity (Wildman–Crippen MR) is 98.9 cm³/mol. The molecule has 140 valence electrons. The number of nitrogens with one attached hydrogen (secondary N) is 1. The number of carbonyl (C=O) groups is 1. The van der Waals surface area contributed by atoms with Crippen LogP contribution in [0, 0.1) is 13.8 Å². The molecule has 3 rings (SSSR count). The zero-order chi connectivity index (χ0) is 18.5. The van der Waals surface area contributed by atoms with Gasteiger partial charge in [-0.1, -0.05) is 0 Å². The second-order valence-corrected chi connectivity index (χ2v) is 6.73. The molecule has 2 N–H and O–H groups in total. The van der Waals surface area contributed by atoms with Gasteiger partial charge in [0.15, 0.2) is 0 Å². The first-order chi connectivity index (χ1) is 12.6. The quantitative estimate of drug-likeness (QED) is 0.858. The molecule has 1 aliphatic rings. The third kappa shape index (κ3) is 4.42. The van der Waals surface area contributed by atoms with E-state index in [0.29, 0.717) is 19.5 Å². The first kappa shape index (κ1) is 18.4. The lowest BCUT2D eigenvalue weighted by Crippen LogP contribution is -2.55. The molecule has 1 atom stereocenters. The number of hydrogen-bond donors (Lipinski definition) is 2. The molecular weight excluding hydrogens is 332 g/mol. The number of carbonyl (C=O) groups excluding carboxylic acids is 1. The molecule has 2 aromatic heterocycles. The Balaban J connectivity index is 1.63. The molecule has 1 fully saturated rings. The molecule has 2 aromatic rings. The third-order valence-electron chi connectivity index (χ3n) is 4.79. The summed E-state index contributed by atoms with van der Waals surface area (Å²) in [4.78, 5) is 21.2. The maximum absolute atomic E-state index is 12.7. The molecule has 3 heterocycles. The highest BCUT2D eigenvalue weighted by Crippen LogP contribution is 2.19. The summed E-state index contributed by atoms with van der Waals surface area (Å²) in [6.07, 6.45) is 4.03. The summed E-state index contributed by atoms with van der Waals surface area (Å²) in [5.41, 5.74) is 3.58. The Kier molecular flexibility index (Phi) is 5.90. The van der Waals surface area contributed by atoms with E-state index in [1.807, 2.05) is 36.9 Å². The van der Waals surface area contributed by atoms with Crippen molar-refractivity contribution >= 4 is 11.7 Å². The average molecular weight is 358 g/mol. The maximum Gasteiger partial charge on any atom is 0.321 e. The predicted octanol–water partition coefficient (Wildman–Crippen LogP) is 2.39. The SMILES string of the molecule is Cc1ccc(NC(=O)N2CCN(Cc3ccoc3)[C@H](CCO)C2)c(C)n1. The number of hydrogen-bond acceptors (Lipinski definition) is 5. The van der Waals surface area contributed by atoms with E-state index in [-0.39, 0.29) is 18.7 Å². The summed E-state index contributed by atoms with van der Waals surface area (Å²) in [5.74, 6) is 0. The number of aliphatic hydroxyl groups is 1. The Morgan fingerprint density at radius 2 is 2.19 bits per heavy atom. The zero-order valence-corrected chi connectivity index (χ0v) is 15.3. The Bertz CT molecular complexity index is 732. The smallest absolute Gasteiger partial charge is 0.321 e. The van der Waals surface area contributed by atoms with Gasteiger partial charge in [0.1, 0.15) is 0 Å². The molecule has 0 bridgehead atoms. The van der Waals surface area contributed by atoms with Crippen molar-refractivity contribution in [2.75, 3.05) is 31.6 Å². The topological polar surface area (TPSA) is 81.8 Å². The number of urea groups is 1. The van der Waals surface area contributed by atoms with Crippen molar-refractivity contribution in [3.8, 4) is 0 Å². The molecule has 0 saturated carbocycles. The van der Waals surface area contributed by atoms with E-state index in [2.05, 4.69) is 15.2 Å². The minimum absolute atomic E-state index is 0.100. The van der Waals surface area contributed by atoms with Crippen LogP contribution in [0.2, 0.25) is 0 Å². The van der Waals surface area contributed by atoms with Gasteiger partial charge in [0.2, 0.25) is 0 Å². The lowest BCUT2D eigenvalue weighted by molar-refractivity contribution is 0.0717. The number of aliphatic hydroxyl groups excluding tert-OH is 1. The second kappa shape index (κ2) is 8.33. The number of furan rings is 1. The van der Waals surface area contributed by atoms with Gasteiger partial charge >= 0.3 is 6.03 Å². The molecule has 1 saturated heterocycles. The van der Waals surface area contributed by atoms with E-state index in [0.717, 1.165) is 35.7 Å². The van der Waals surface area contributed by atoms with Crippen LogP contribution in [0.5, 0.6) is 0 Å². The molecule has 0 radical (unpaired) electrons. The van der Waals surface area contributed by atoms with Gasteiger partial charge in [-0.2, -0.15) is 0 Å². The highest BCUT2D eigenvalue weighted by Gasteiger charge is 2.29. The fourth-order valence-corrected chi connectivity index (χ4v) is 3.34. The van der Waals surface area contributed by atoms with Crippen molar-refractivity contribution in [3.05, 3.63) is 47.7 Å². The van der Waals surface area contributed by atoms with Crippen LogP contribution in [0.15, 0.2) is 35.1 Å². The number of anilines is 1. The van der Waals surface area contributed by atoms with E-state index in [1.165, 1.54) is 0 Å². The first-order valence-electron chi connectivity index (χ1n) is 8.93. The molecule has 7 heteroatoms. The van der Waals surface area contributed by atoms with Gasteiger partial charge in [0, 0.05) is 50.1 Å². The summed E-state index contributed by atoms with van der Waals surface area (Å²) in [6.45, 7) is 6.67. The minimum Gasteiger partial charge on any atom is -0.472 e.